The van der Waals surface area contributed by atoms with Crippen LogP contribution in [0.3, 0.4) is 0 Å². The van der Waals surface area contributed by atoms with E-state index in [0.29, 0.717) is 21.2 Å². The van der Waals surface area contributed by atoms with E-state index in [0.717, 1.165) is 5.56 Å². The van der Waals surface area contributed by atoms with Crippen molar-refractivity contribution in [2.75, 3.05) is 0 Å². The smallest absolute Gasteiger partial charge is 0.197 e. The van der Waals surface area contributed by atoms with Gasteiger partial charge in [0.2, 0.25) is 0 Å². The summed E-state index contributed by atoms with van der Waals surface area (Å²) in [6.07, 6.45) is 3.10. The minimum absolute atomic E-state index is 0.211. The van der Waals surface area contributed by atoms with E-state index < -0.39 is 0 Å². The molecule has 0 N–H and O–H groups in total. The maximum Gasteiger partial charge on any atom is 0.197 e. The number of nitrogens with zero attached hydrogens (tertiary/aromatic N) is 1. The summed E-state index contributed by atoms with van der Waals surface area (Å²) in [4.78, 5) is 16.1. The molecule has 0 fully saturated rings. The lowest BCUT2D eigenvalue weighted by Gasteiger charge is -2.08. The van der Waals surface area contributed by atoms with Crippen LogP contribution in [0.1, 0.15) is 21.5 Å². The molecule has 0 unspecified atom stereocenters. The van der Waals surface area contributed by atoms with E-state index in [2.05, 4.69) is 4.98 Å². The van der Waals surface area contributed by atoms with Crippen molar-refractivity contribution in [3.63, 3.8) is 0 Å². The largest absolute Gasteiger partial charge is 0.288 e. The van der Waals surface area contributed by atoms with E-state index in [1.54, 1.807) is 30.5 Å². The molecule has 0 saturated heterocycles. The standard InChI is InChI=1S/C13H9Cl2NO/c1-8-4-5-10(14)11(12(8)15)13(17)9-3-2-6-16-7-9/h2-7H,1H3. The molecule has 0 aliphatic rings. The van der Waals surface area contributed by atoms with Crippen molar-refractivity contribution in [2.45, 2.75) is 6.92 Å². The van der Waals surface area contributed by atoms with E-state index in [9.17, 15) is 4.79 Å². The molecular formula is C13H9Cl2NO. The van der Waals surface area contributed by atoms with Gasteiger partial charge in [0.05, 0.1) is 15.6 Å². The van der Waals surface area contributed by atoms with Crippen LogP contribution < -0.4 is 0 Å². The van der Waals surface area contributed by atoms with Crippen molar-refractivity contribution < 1.29 is 4.79 Å². The van der Waals surface area contributed by atoms with Crippen molar-refractivity contribution in [2.24, 2.45) is 0 Å². The summed E-state index contributed by atoms with van der Waals surface area (Å²) < 4.78 is 0. The fourth-order valence-corrected chi connectivity index (χ4v) is 2.05. The first-order valence-corrected chi connectivity index (χ1v) is 5.76. The summed E-state index contributed by atoms with van der Waals surface area (Å²) in [5.74, 6) is -0.211. The summed E-state index contributed by atoms with van der Waals surface area (Å²) in [5, 5.41) is 0.751. The van der Waals surface area contributed by atoms with Crippen LogP contribution in [0, 0.1) is 6.92 Å². The van der Waals surface area contributed by atoms with Gasteiger partial charge in [-0.25, -0.2) is 0 Å². The predicted molar refractivity (Wildman–Crippen MR) is 68.9 cm³/mol. The maximum absolute atomic E-state index is 12.2. The molecule has 0 amide bonds. The van der Waals surface area contributed by atoms with Crippen LogP contribution >= 0.6 is 23.2 Å². The molecule has 1 heterocycles. The summed E-state index contributed by atoms with van der Waals surface area (Å²) in [7, 11) is 0. The summed E-state index contributed by atoms with van der Waals surface area (Å²) in [6, 6.07) is 6.84. The first-order chi connectivity index (χ1) is 8.11. The minimum atomic E-state index is -0.211. The fourth-order valence-electron chi connectivity index (χ4n) is 1.51. The van der Waals surface area contributed by atoms with Crippen LogP contribution in [0.2, 0.25) is 10.0 Å². The highest BCUT2D eigenvalue weighted by Crippen LogP contribution is 2.29. The maximum atomic E-state index is 12.2. The highest BCUT2D eigenvalue weighted by atomic mass is 35.5. The van der Waals surface area contributed by atoms with E-state index in [1.807, 2.05) is 6.92 Å². The van der Waals surface area contributed by atoms with Gasteiger partial charge in [-0.2, -0.15) is 0 Å². The Morgan fingerprint density at radius 3 is 2.65 bits per heavy atom. The van der Waals surface area contributed by atoms with Gasteiger partial charge in [0.1, 0.15) is 0 Å². The molecule has 4 heteroatoms. The first-order valence-electron chi connectivity index (χ1n) is 5.00. The Bertz CT molecular complexity index is 567. The summed E-state index contributed by atoms with van der Waals surface area (Å²) in [5.41, 5.74) is 1.63. The monoisotopic (exact) mass is 265 g/mol. The number of pyridine rings is 1. The third-order valence-electron chi connectivity index (χ3n) is 2.43. The number of rotatable bonds is 2. The number of aromatic nitrogens is 1. The van der Waals surface area contributed by atoms with Crippen molar-refractivity contribution in [3.05, 3.63) is 63.4 Å². The number of carbonyl (C=O) groups excluding carboxylic acids is 1. The molecule has 1 aromatic heterocycles. The number of aryl methyl sites for hydroxylation is 1. The molecule has 0 aliphatic heterocycles. The van der Waals surface area contributed by atoms with Gasteiger partial charge in [-0.05, 0) is 30.7 Å². The lowest BCUT2D eigenvalue weighted by molar-refractivity contribution is 0.103. The molecule has 0 bridgehead atoms. The lowest BCUT2D eigenvalue weighted by atomic mass is 10.0. The number of hydrogen-bond acceptors (Lipinski definition) is 2. The Morgan fingerprint density at radius 2 is 2.00 bits per heavy atom. The third kappa shape index (κ3) is 2.33. The number of halogens is 2. The van der Waals surface area contributed by atoms with E-state index in [1.165, 1.54) is 6.20 Å². The van der Waals surface area contributed by atoms with Gasteiger partial charge >= 0.3 is 0 Å². The zero-order valence-electron chi connectivity index (χ0n) is 9.08. The minimum Gasteiger partial charge on any atom is -0.288 e. The normalized spacial score (nSPS) is 10.3. The SMILES string of the molecule is Cc1ccc(Cl)c(C(=O)c2cccnc2)c1Cl. The number of ketones is 1. The lowest BCUT2D eigenvalue weighted by Crippen LogP contribution is -2.04. The molecular weight excluding hydrogens is 257 g/mol. The zero-order chi connectivity index (χ0) is 12.4. The number of benzene rings is 1. The summed E-state index contributed by atoms with van der Waals surface area (Å²) in [6.45, 7) is 1.83. The fraction of sp³-hybridized carbons (Fsp3) is 0.0769. The Hall–Kier alpha value is -1.38. The second kappa shape index (κ2) is 4.86. The van der Waals surface area contributed by atoms with E-state index in [-0.39, 0.29) is 5.78 Å². The first kappa shape index (κ1) is 12.1. The molecule has 0 radical (unpaired) electrons. The van der Waals surface area contributed by atoms with Gasteiger partial charge in [0, 0.05) is 18.0 Å². The zero-order valence-corrected chi connectivity index (χ0v) is 10.6. The molecule has 0 saturated carbocycles. The highest BCUT2D eigenvalue weighted by Gasteiger charge is 2.17. The van der Waals surface area contributed by atoms with Gasteiger partial charge in [0.25, 0.3) is 0 Å². The average molecular weight is 266 g/mol. The quantitative estimate of drug-likeness (QED) is 0.771. The van der Waals surface area contributed by atoms with E-state index >= 15 is 0 Å². The van der Waals surface area contributed by atoms with Crippen molar-refractivity contribution in [1.29, 1.82) is 0 Å². The van der Waals surface area contributed by atoms with Crippen LogP contribution in [-0.2, 0) is 0 Å². The number of carbonyl (C=O) groups is 1. The Labute approximate surface area is 109 Å². The average Bonchev–Trinajstić information content (AvgIpc) is 2.35. The Morgan fingerprint density at radius 1 is 1.24 bits per heavy atom. The van der Waals surface area contributed by atoms with Gasteiger partial charge in [0.15, 0.2) is 5.78 Å². The molecule has 1 aromatic carbocycles. The van der Waals surface area contributed by atoms with Crippen LogP contribution in [0.5, 0.6) is 0 Å². The molecule has 2 aromatic rings. The second-order valence-electron chi connectivity index (χ2n) is 3.62. The predicted octanol–water partition coefficient (Wildman–Crippen LogP) is 3.93. The van der Waals surface area contributed by atoms with Crippen molar-refractivity contribution in [3.8, 4) is 0 Å². The van der Waals surface area contributed by atoms with Crippen LogP contribution in [0.25, 0.3) is 0 Å². The van der Waals surface area contributed by atoms with E-state index in [4.69, 9.17) is 23.2 Å². The molecule has 0 spiro atoms. The molecule has 2 rings (SSSR count). The Balaban J connectivity index is 2.56. The topological polar surface area (TPSA) is 30.0 Å². The summed E-state index contributed by atoms with van der Waals surface area (Å²) >= 11 is 12.1. The van der Waals surface area contributed by atoms with Gasteiger partial charge in [-0.3, -0.25) is 9.78 Å². The van der Waals surface area contributed by atoms with Gasteiger partial charge in [-0.15, -0.1) is 0 Å². The molecule has 0 aliphatic carbocycles. The van der Waals surface area contributed by atoms with Crippen LogP contribution in [-0.4, -0.2) is 10.8 Å². The Kier molecular flexibility index (Phi) is 3.46. The molecule has 86 valence electrons. The molecule has 2 nitrogen and oxygen atoms in total. The highest BCUT2D eigenvalue weighted by molar-refractivity contribution is 6.41. The van der Waals surface area contributed by atoms with Crippen molar-refractivity contribution in [1.82, 2.24) is 4.98 Å². The van der Waals surface area contributed by atoms with Gasteiger partial charge < -0.3 is 0 Å². The molecule has 17 heavy (non-hydrogen) atoms. The van der Waals surface area contributed by atoms with Gasteiger partial charge in [-0.1, -0.05) is 29.3 Å². The van der Waals surface area contributed by atoms with Crippen LogP contribution in [0.4, 0.5) is 0 Å². The van der Waals surface area contributed by atoms with Crippen molar-refractivity contribution >= 4 is 29.0 Å². The second-order valence-corrected chi connectivity index (χ2v) is 4.41. The third-order valence-corrected chi connectivity index (χ3v) is 3.24. The molecule has 0 atom stereocenters. The number of hydrogen-bond donors (Lipinski definition) is 0. The van der Waals surface area contributed by atoms with Crippen LogP contribution in [0.15, 0.2) is 36.7 Å².